The Bertz CT molecular complexity index is 704. The van der Waals surface area contributed by atoms with Gasteiger partial charge in [0.25, 0.3) is 5.91 Å². The maximum Gasteiger partial charge on any atom is 0.270 e. The summed E-state index contributed by atoms with van der Waals surface area (Å²) in [5, 5.41) is 6.23. The minimum Gasteiger partial charge on any atom is -0.376 e. The topological polar surface area (TPSA) is 63.2 Å². The maximum atomic E-state index is 12.3. The molecule has 1 aliphatic rings. The van der Waals surface area contributed by atoms with Crippen LogP contribution in [0.5, 0.6) is 0 Å². The Morgan fingerprint density at radius 3 is 2.71 bits per heavy atom. The first kappa shape index (κ1) is 16.5. The van der Waals surface area contributed by atoms with Crippen molar-refractivity contribution in [2.24, 2.45) is 0 Å². The van der Waals surface area contributed by atoms with Gasteiger partial charge in [-0.1, -0.05) is 6.07 Å². The molecule has 1 amide bonds. The lowest BCUT2D eigenvalue weighted by molar-refractivity contribution is 0.0854. The fraction of sp³-hybridized carbons (Fsp3) is 0.368. The third-order valence-corrected chi connectivity index (χ3v) is 4.02. The summed E-state index contributed by atoms with van der Waals surface area (Å²) in [6.45, 7) is 5.45. The summed E-state index contributed by atoms with van der Waals surface area (Å²) < 4.78 is 5.52. The third kappa shape index (κ3) is 4.32. The highest BCUT2D eigenvalue weighted by Crippen LogP contribution is 2.20. The molecule has 5 heteroatoms. The van der Waals surface area contributed by atoms with E-state index in [9.17, 15) is 4.79 Å². The van der Waals surface area contributed by atoms with Gasteiger partial charge in [0, 0.05) is 30.7 Å². The van der Waals surface area contributed by atoms with Gasteiger partial charge < -0.3 is 15.4 Å². The van der Waals surface area contributed by atoms with Gasteiger partial charge in [0.2, 0.25) is 0 Å². The molecular weight excluding hydrogens is 302 g/mol. The summed E-state index contributed by atoms with van der Waals surface area (Å²) in [4.78, 5) is 16.4. The van der Waals surface area contributed by atoms with Crippen molar-refractivity contribution < 1.29 is 9.53 Å². The van der Waals surface area contributed by atoms with Crippen LogP contribution in [0.3, 0.4) is 0 Å². The van der Waals surface area contributed by atoms with E-state index < -0.39 is 0 Å². The molecule has 0 saturated carbocycles. The van der Waals surface area contributed by atoms with Crippen LogP contribution in [0.15, 0.2) is 36.5 Å². The van der Waals surface area contributed by atoms with Gasteiger partial charge in [0.15, 0.2) is 0 Å². The normalized spacial score (nSPS) is 16.8. The summed E-state index contributed by atoms with van der Waals surface area (Å²) >= 11 is 0. The van der Waals surface area contributed by atoms with Crippen LogP contribution >= 0.6 is 0 Å². The molecule has 1 aliphatic heterocycles. The van der Waals surface area contributed by atoms with Crippen molar-refractivity contribution in [1.82, 2.24) is 10.3 Å². The molecule has 0 spiro atoms. The molecule has 5 nitrogen and oxygen atoms in total. The van der Waals surface area contributed by atoms with Gasteiger partial charge in [-0.25, -0.2) is 0 Å². The lowest BCUT2D eigenvalue weighted by atomic mass is 10.1. The first-order chi connectivity index (χ1) is 11.6. The number of aryl methyl sites for hydroxylation is 2. The lowest BCUT2D eigenvalue weighted by Gasteiger charge is -2.12. The molecule has 1 aromatic heterocycles. The Balaban J connectivity index is 1.65. The number of ether oxygens (including phenoxy) is 1. The van der Waals surface area contributed by atoms with Gasteiger partial charge in [-0.2, -0.15) is 0 Å². The van der Waals surface area contributed by atoms with Crippen molar-refractivity contribution in [3.63, 3.8) is 0 Å². The molecule has 0 bridgehead atoms. The minimum absolute atomic E-state index is 0.130. The highest BCUT2D eigenvalue weighted by atomic mass is 16.5. The van der Waals surface area contributed by atoms with E-state index in [2.05, 4.69) is 47.7 Å². The summed E-state index contributed by atoms with van der Waals surface area (Å²) in [6, 6.07) is 9.90. The molecule has 2 aromatic rings. The third-order valence-electron chi connectivity index (χ3n) is 4.02. The number of benzene rings is 1. The van der Waals surface area contributed by atoms with E-state index in [0.29, 0.717) is 12.2 Å². The van der Waals surface area contributed by atoms with E-state index in [-0.39, 0.29) is 12.0 Å². The average molecular weight is 325 g/mol. The van der Waals surface area contributed by atoms with Crippen molar-refractivity contribution >= 4 is 17.3 Å². The fourth-order valence-electron chi connectivity index (χ4n) is 2.95. The zero-order valence-corrected chi connectivity index (χ0v) is 14.1. The van der Waals surface area contributed by atoms with Gasteiger partial charge >= 0.3 is 0 Å². The molecule has 1 aromatic carbocycles. The highest BCUT2D eigenvalue weighted by molar-refractivity contribution is 5.93. The Kier molecular flexibility index (Phi) is 5.11. The quantitative estimate of drug-likeness (QED) is 0.885. The molecule has 126 valence electrons. The van der Waals surface area contributed by atoms with E-state index in [1.54, 1.807) is 12.3 Å². The lowest BCUT2D eigenvalue weighted by Crippen LogP contribution is -2.32. The van der Waals surface area contributed by atoms with Crippen LogP contribution in [0.4, 0.5) is 11.4 Å². The number of anilines is 2. The van der Waals surface area contributed by atoms with E-state index in [0.717, 1.165) is 30.8 Å². The first-order valence-corrected chi connectivity index (χ1v) is 8.31. The van der Waals surface area contributed by atoms with E-state index in [1.165, 1.54) is 11.1 Å². The summed E-state index contributed by atoms with van der Waals surface area (Å²) in [6.07, 6.45) is 3.84. The smallest absolute Gasteiger partial charge is 0.270 e. The Morgan fingerprint density at radius 2 is 2.00 bits per heavy atom. The minimum atomic E-state index is -0.172. The second-order valence-corrected chi connectivity index (χ2v) is 6.28. The van der Waals surface area contributed by atoms with Crippen LogP contribution in [0, 0.1) is 13.8 Å². The molecular formula is C19H23N3O2. The molecule has 24 heavy (non-hydrogen) atoms. The van der Waals surface area contributed by atoms with Crippen molar-refractivity contribution in [3.8, 4) is 0 Å². The van der Waals surface area contributed by atoms with Crippen molar-refractivity contribution in [1.29, 1.82) is 0 Å². The number of nitrogens with one attached hydrogen (secondary N) is 2. The Labute approximate surface area is 142 Å². The van der Waals surface area contributed by atoms with Gasteiger partial charge in [0.05, 0.1) is 6.10 Å². The fourth-order valence-corrected chi connectivity index (χ4v) is 2.95. The summed E-state index contributed by atoms with van der Waals surface area (Å²) in [7, 11) is 0. The average Bonchev–Trinajstić information content (AvgIpc) is 3.05. The molecule has 1 fully saturated rings. The SMILES string of the molecule is Cc1cc(C)cc(Nc2ccnc(C(=O)NCC3CCCO3)c2)c1. The number of aromatic nitrogens is 1. The van der Waals surface area contributed by atoms with Gasteiger partial charge in [-0.15, -0.1) is 0 Å². The van der Waals surface area contributed by atoms with E-state index >= 15 is 0 Å². The van der Waals surface area contributed by atoms with Gasteiger partial charge in [-0.3, -0.25) is 9.78 Å². The van der Waals surface area contributed by atoms with E-state index in [1.807, 2.05) is 6.07 Å². The van der Waals surface area contributed by atoms with Crippen molar-refractivity contribution in [3.05, 3.63) is 53.3 Å². The van der Waals surface area contributed by atoms with Gasteiger partial charge in [-0.05, 0) is 62.1 Å². The van der Waals surface area contributed by atoms with Crippen LogP contribution < -0.4 is 10.6 Å². The standard InChI is InChI=1S/C19H23N3O2/c1-13-8-14(2)10-16(9-13)22-15-5-6-20-18(11-15)19(23)21-12-17-4-3-7-24-17/h5-6,8-11,17H,3-4,7,12H2,1-2H3,(H,20,22)(H,21,23). The monoisotopic (exact) mass is 325 g/mol. The number of pyridine rings is 1. The highest BCUT2D eigenvalue weighted by Gasteiger charge is 2.17. The molecule has 3 rings (SSSR count). The number of hydrogen-bond acceptors (Lipinski definition) is 4. The predicted molar refractivity (Wildman–Crippen MR) is 94.7 cm³/mol. The van der Waals surface area contributed by atoms with Crippen molar-refractivity contribution in [2.45, 2.75) is 32.8 Å². The van der Waals surface area contributed by atoms with Crippen LogP contribution in [-0.4, -0.2) is 30.1 Å². The predicted octanol–water partition coefficient (Wildman–Crippen LogP) is 3.35. The first-order valence-electron chi connectivity index (χ1n) is 8.31. The molecule has 2 N–H and O–H groups in total. The Hall–Kier alpha value is -2.40. The van der Waals surface area contributed by atoms with Crippen LogP contribution in [0.1, 0.15) is 34.5 Å². The second-order valence-electron chi connectivity index (χ2n) is 6.28. The number of nitrogens with zero attached hydrogens (tertiary/aromatic N) is 1. The zero-order valence-electron chi connectivity index (χ0n) is 14.1. The molecule has 0 radical (unpaired) electrons. The summed E-state index contributed by atoms with van der Waals surface area (Å²) in [5.41, 5.74) is 4.64. The van der Waals surface area contributed by atoms with Crippen LogP contribution in [-0.2, 0) is 4.74 Å². The van der Waals surface area contributed by atoms with Crippen molar-refractivity contribution in [2.75, 3.05) is 18.5 Å². The zero-order chi connectivity index (χ0) is 16.9. The molecule has 1 atom stereocenters. The number of carbonyl (C=O) groups excluding carboxylic acids is 1. The summed E-state index contributed by atoms with van der Waals surface area (Å²) in [5.74, 6) is -0.172. The number of carbonyl (C=O) groups is 1. The Morgan fingerprint density at radius 1 is 1.21 bits per heavy atom. The molecule has 2 heterocycles. The molecule has 1 saturated heterocycles. The number of amides is 1. The van der Waals surface area contributed by atoms with E-state index in [4.69, 9.17) is 4.74 Å². The van der Waals surface area contributed by atoms with Crippen LogP contribution in [0.2, 0.25) is 0 Å². The largest absolute Gasteiger partial charge is 0.376 e. The van der Waals surface area contributed by atoms with Crippen LogP contribution in [0.25, 0.3) is 0 Å². The maximum absolute atomic E-state index is 12.3. The van der Waals surface area contributed by atoms with Gasteiger partial charge in [0.1, 0.15) is 5.69 Å². The number of hydrogen-bond donors (Lipinski definition) is 2. The number of rotatable bonds is 5. The molecule has 0 aliphatic carbocycles. The second kappa shape index (κ2) is 7.45. The molecule has 1 unspecified atom stereocenters.